The number of nitrogens with two attached hydrogens (primary N) is 1. The van der Waals surface area contributed by atoms with Crippen LogP contribution in [0.5, 0.6) is 0 Å². The van der Waals surface area contributed by atoms with Crippen LogP contribution in [0.1, 0.15) is 33.3 Å². The summed E-state index contributed by atoms with van der Waals surface area (Å²) in [5, 5.41) is 5.11. The average Bonchev–Trinajstić information content (AvgIpc) is 2.65. The number of amides is 2. The van der Waals surface area contributed by atoms with Gasteiger partial charge in [-0.05, 0) is 49.6 Å². The maximum Gasteiger partial charge on any atom is 0.414 e. The zero-order chi connectivity index (χ0) is 22.9. The monoisotopic (exact) mass is 445 g/mol. The number of carbonyl (C=O) groups excluding carboxylic acids is 2. The molecule has 2 N–H and O–H groups in total. The topological polar surface area (TPSA) is 110 Å². The molecule has 1 atom stereocenters. The van der Waals surface area contributed by atoms with Crippen molar-refractivity contribution in [2.24, 2.45) is 5.14 Å². The third kappa shape index (κ3) is 5.23. The number of benzene rings is 2. The first-order valence-electron chi connectivity index (χ1n) is 9.98. The Bertz CT molecular complexity index is 1100. The summed E-state index contributed by atoms with van der Waals surface area (Å²) in [6.07, 6.45) is -0.737. The van der Waals surface area contributed by atoms with Crippen molar-refractivity contribution in [3.63, 3.8) is 0 Å². The minimum atomic E-state index is -3.61. The molecule has 1 aliphatic rings. The van der Waals surface area contributed by atoms with Gasteiger partial charge in [0.15, 0.2) is 0 Å². The van der Waals surface area contributed by atoms with Gasteiger partial charge in [0.1, 0.15) is 0 Å². The second-order valence-corrected chi connectivity index (χ2v) is 9.60. The van der Waals surface area contributed by atoms with Gasteiger partial charge < -0.3 is 9.64 Å². The first-order chi connectivity index (χ1) is 14.5. The van der Waals surface area contributed by atoms with E-state index in [2.05, 4.69) is 0 Å². The predicted octanol–water partition coefficient (Wildman–Crippen LogP) is 3.25. The van der Waals surface area contributed by atoms with E-state index in [0.717, 1.165) is 11.1 Å². The van der Waals surface area contributed by atoms with Gasteiger partial charge >= 0.3 is 6.09 Å². The number of fused-ring (bicyclic) bond motifs is 1. The van der Waals surface area contributed by atoms with E-state index >= 15 is 0 Å². The van der Waals surface area contributed by atoms with Gasteiger partial charge in [-0.15, -0.1) is 0 Å². The van der Waals surface area contributed by atoms with Crippen LogP contribution < -0.4 is 14.9 Å². The summed E-state index contributed by atoms with van der Waals surface area (Å²) in [6, 6.07) is 12.3. The average molecular weight is 446 g/mol. The van der Waals surface area contributed by atoms with Crippen molar-refractivity contribution in [2.75, 3.05) is 16.3 Å². The van der Waals surface area contributed by atoms with E-state index in [-0.39, 0.29) is 23.8 Å². The minimum Gasteiger partial charge on any atom is -0.446 e. The Morgan fingerprint density at radius 2 is 1.71 bits per heavy atom. The van der Waals surface area contributed by atoms with E-state index in [1.54, 1.807) is 47.9 Å². The second kappa shape index (κ2) is 8.68. The van der Waals surface area contributed by atoms with Gasteiger partial charge in [-0.1, -0.05) is 30.3 Å². The number of ether oxygens (including phenoxy) is 1. The van der Waals surface area contributed by atoms with Gasteiger partial charge in [-0.2, -0.15) is 0 Å². The Morgan fingerprint density at radius 3 is 2.26 bits per heavy atom. The van der Waals surface area contributed by atoms with Gasteiger partial charge in [0.25, 0.3) is 0 Å². The molecule has 0 spiro atoms. The maximum absolute atomic E-state index is 12.8. The first kappa shape index (κ1) is 22.8. The molecule has 2 aromatic carbocycles. The zero-order valence-electron chi connectivity index (χ0n) is 18.0. The van der Waals surface area contributed by atoms with Crippen molar-refractivity contribution in [1.82, 2.24) is 0 Å². The van der Waals surface area contributed by atoms with Crippen molar-refractivity contribution in [3.8, 4) is 11.1 Å². The molecular weight excluding hydrogens is 418 g/mol. The van der Waals surface area contributed by atoms with E-state index in [0.29, 0.717) is 23.5 Å². The van der Waals surface area contributed by atoms with Crippen molar-refractivity contribution in [1.29, 1.82) is 0 Å². The molecular formula is C22H27N3O5S. The highest BCUT2D eigenvalue weighted by atomic mass is 32.2. The van der Waals surface area contributed by atoms with E-state index in [4.69, 9.17) is 9.88 Å². The summed E-state index contributed by atoms with van der Waals surface area (Å²) >= 11 is 0. The van der Waals surface area contributed by atoms with E-state index in [9.17, 15) is 18.0 Å². The van der Waals surface area contributed by atoms with E-state index in [1.807, 2.05) is 25.1 Å². The standard InChI is InChI=1S/C22H27N3O5S/c1-14(2)30-22(27)24-12-15(3)25(16(4)26)20-10-9-19(11-21(20)24)18-7-5-17(6-8-18)13-31(23,28)29/h5-11,14-15H,12-13H2,1-4H3,(H2,23,28,29). The Hall–Kier alpha value is -2.91. The number of hydrogen-bond donors (Lipinski definition) is 1. The van der Waals surface area contributed by atoms with Crippen LogP contribution in [0.2, 0.25) is 0 Å². The molecule has 0 bridgehead atoms. The van der Waals surface area contributed by atoms with Crippen LogP contribution in [0, 0.1) is 0 Å². The van der Waals surface area contributed by atoms with Crippen molar-refractivity contribution in [2.45, 2.75) is 45.6 Å². The SMILES string of the molecule is CC(=O)N1c2ccc(-c3ccc(CS(N)(=O)=O)cc3)cc2N(C(=O)OC(C)C)CC1C. The summed E-state index contributed by atoms with van der Waals surface area (Å²) in [5.74, 6) is -0.344. The lowest BCUT2D eigenvalue weighted by atomic mass is 10.00. The number of nitrogens with zero attached hydrogens (tertiary/aromatic N) is 2. The lowest BCUT2D eigenvalue weighted by Crippen LogP contribution is -2.51. The van der Waals surface area contributed by atoms with E-state index in [1.165, 1.54) is 6.92 Å². The molecule has 0 fully saturated rings. The molecule has 0 saturated heterocycles. The lowest BCUT2D eigenvalue weighted by molar-refractivity contribution is -0.117. The maximum atomic E-state index is 12.8. The van der Waals surface area contributed by atoms with Crippen LogP contribution in [0.15, 0.2) is 42.5 Å². The smallest absolute Gasteiger partial charge is 0.414 e. The number of anilines is 2. The molecule has 3 rings (SSSR count). The zero-order valence-corrected chi connectivity index (χ0v) is 18.8. The molecule has 0 aliphatic carbocycles. The third-order valence-corrected chi connectivity index (χ3v) is 5.70. The summed E-state index contributed by atoms with van der Waals surface area (Å²) < 4.78 is 28.0. The summed E-state index contributed by atoms with van der Waals surface area (Å²) in [7, 11) is -3.61. The Kier molecular flexibility index (Phi) is 6.38. The second-order valence-electron chi connectivity index (χ2n) is 7.99. The highest BCUT2D eigenvalue weighted by Gasteiger charge is 2.34. The molecule has 8 nitrogen and oxygen atoms in total. The fourth-order valence-corrected chi connectivity index (χ4v) is 4.41. The molecule has 1 heterocycles. The molecule has 1 unspecified atom stereocenters. The molecule has 2 aromatic rings. The number of hydrogen-bond acceptors (Lipinski definition) is 5. The van der Waals surface area contributed by atoms with Gasteiger partial charge in [-0.3, -0.25) is 9.69 Å². The Labute approximate surface area is 182 Å². The van der Waals surface area contributed by atoms with Crippen LogP contribution in [0.4, 0.5) is 16.2 Å². The molecule has 0 aromatic heterocycles. The molecule has 0 radical (unpaired) electrons. The normalized spacial score (nSPS) is 16.3. The van der Waals surface area contributed by atoms with Crippen molar-refractivity contribution in [3.05, 3.63) is 48.0 Å². The Morgan fingerprint density at radius 1 is 1.10 bits per heavy atom. The molecule has 0 saturated carbocycles. The molecule has 2 amide bonds. The van der Waals surface area contributed by atoms with Gasteiger partial charge in [0, 0.05) is 13.5 Å². The lowest BCUT2D eigenvalue weighted by Gasteiger charge is -2.40. The predicted molar refractivity (Wildman–Crippen MR) is 120 cm³/mol. The van der Waals surface area contributed by atoms with Crippen LogP contribution >= 0.6 is 0 Å². The highest BCUT2D eigenvalue weighted by molar-refractivity contribution is 7.88. The van der Waals surface area contributed by atoms with Gasteiger partial charge in [0.05, 0.1) is 29.3 Å². The number of primary sulfonamides is 1. The fraction of sp³-hybridized carbons (Fsp3) is 0.364. The molecule has 31 heavy (non-hydrogen) atoms. The number of carbonyl (C=O) groups is 2. The van der Waals surface area contributed by atoms with Gasteiger partial charge in [0.2, 0.25) is 15.9 Å². The third-order valence-electron chi connectivity index (χ3n) is 4.96. The summed E-state index contributed by atoms with van der Waals surface area (Å²) in [4.78, 5) is 28.2. The molecule has 166 valence electrons. The molecule has 1 aliphatic heterocycles. The first-order valence-corrected chi connectivity index (χ1v) is 11.7. The van der Waals surface area contributed by atoms with Crippen LogP contribution in [0.3, 0.4) is 0 Å². The summed E-state index contributed by atoms with van der Waals surface area (Å²) in [5.41, 5.74) is 3.47. The van der Waals surface area contributed by atoms with E-state index < -0.39 is 16.1 Å². The highest BCUT2D eigenvalue weighted by Crippen LogP contribution is 2.39. The largest absolute Gasteiger partial charge is 0.446 e. The van der Waals surface area contributed by atoms with Crippen LogP contribution in [0.25, 0.3) is 11.1 Å². The van der Waals surface area contributed by atoms with Crippen molar-refractivity contribution >= 4 is 33.4 Å². The number of sulfonamides is 1. The van der Waals surface area contributed by atoms with Gasteiger partial charge in [-0.25, -0.2) is 18.4 Å². The quantitative estimate of drug-likeness (QED) is 0.777. The summed E-state index contributed by atoms with van der Waals surface area (Å²) in [6.45, 7) is 7.27. The fourth-order valence-electron chi connectivity index (χ4n) is 3.75. The Balaban J connectivity index is 2.03. The van der Waals surface area contributed by atoms with Crippen LogP contribution in [-0.2, 0) is 25.3 Å². The van der Waals surface area contributed by atoms with Crippen LogP contribution in [-0.4, -0.2) is 39.1 Å². The number of rotatable bonds is 4. The minimum absolute atomic E-state index is 0.106. The van der Waals surface area contributed by atoms with Crippen molar-refractivity contribution < 1.29 is 22.7 Å². The molecule has 9 heteroatoms.